The monoisotopic (exact) mass is 409 g/mol. The van der Waals surface area contributed by atoms with Gasteiger partial charge in [-0.05, 0) is 18.9 Å². The Labute approximate surface area is 164 Å². The molecule has 154 valence electrons. The molecular weight excluding hydrogens is 391 g/mol. The summed E-state index contributed by atoms with van der Waals surface area (Å²) in [4.78, 5) is 18.6. The summed E-state index contributed by atoms with van der Waals surface area (Å²) in [7, 11) is 0. The molecule has 1 aromatic heterocycles. The summed E-state index contributed by atoms with van der Waals surface area (Å²) < 4.78 is 41.5. The zero-order valence-electron chi connectivity index (χ0n) is 15.2. The van der Waals surface area contributed by atoms with Gasteiger partial charge in [0.2, 0.25) is 5.95 Å². The minimum absolute atomic E-state index is 0.0315. The van der Waals surface area contributed by atoms with Gasteiger partial charge in [0.25, 0.3) is 0 Å². The van der Waals surface area contributed by atoms with Gasteiger partial charge in [-0.1, -0.05) is 18.2 Å². The molecule has 0 bridgehead atoms. The first-order valence-electron chi connectivity index (χ1n) is 8.59. The Bertz CT molecular complexity index is 884. The highest BCUT2D eigenvalue weighted by molar-refractivity contribution is 5.66. The normalized spacial score (nSPS) is 10.8. The number of nitrogens with zero attached hydrogens (tertiary/aromatic N) is 3. The van der Waals surface area contributed by atoms with Gasteiger partial charge >= 0.3 is 12.3 Å². The van der Waals surface area contributed by atoms with Crippen molar-refractivity contribution in [3.05, 3.63) is 41.6 Å². The predicted octanol–water partition coefficient (Wildman–Crippen LogP) is 3.53. The molecule has 3 N–H and O–H groups in total. The van der Waals surface area contributed by atoms with Crippen LogP contribution in [0.5, 0.6) is 5.75 Å². The Kier molecular flexibility index (Phi) is 7.59. The molecule has 0 aliphatic heterocycles. The van der Waals surface area contributed by atoms with Crippen LogP contribution in [0.4, 0.5) is 24.9 Å². The molecule has 8 nitrogen and oxygen atoms in total. The van der Waals surface area contributed by atoms with Crippen LogP contribution in [0.1, 0.15) is 30.4 Å². The number of hydrogen-bond donors (Lipinski definition) is 3. The number of unbranched alkanes of at least 4 members (excludes halogenated alkanes) is 1. The molecule has 0 saturated carbocycles. The zero-order chi connectivity index (χ0) is 21.3. The van der Waals surface area contributed by atoms with E-state index in [4.69, 9.17) is 10.4 Å². The Balaban J connectivity index is 2.01. The second-order valence-electron chi connectivity index (χ2n) is 5.85. The largest absolute Gasteiger partial charge is 0.573 e. The fourth-order valence-electron chi connectivity index (χ4n) is 2.34. The maximum absolute atomic E-state index is 12.5. The lowest BCUT2D eigenvalue weighted by Gasteiger charge is -2.14. The topological polar surface area (TPSA) is 120 Å². The second-order valence-corrected chi connectivity index (χ2v) is 5.85. The van der Waals surface area contributed by atoms with Crippen molar-refractivity contribution in [3.8, 4) is 11.8 Å². The van der Waals surface area contributed by atoms with Crippen molar-refractivity contribution in [2.45, 2.75) is 32.2 Å². The van der Waals surface area contributed by atoms with Crippen LogP contribution in [0.25, 0.3) is 0 Å². The van der Waals surface area contributed by atoms with Gasteiger partial charge in [0.15, 0.2) is 0 Å². The predicted molar refractivity (Wildman–Crippen MR) is 97.2 cm³/mol. The third-order valence-electron chi connectivity index (χ3n) is 3.65. The van der Waals surface area contributed by atoms with Crippen LogP contribution in [0.15, 0.2) is 30.5 Å². The van der Waals surface area contributed by atoms with Crippen molar-refractivity contribution < 1.29 is 27.8 Å². The Hall–Kier alpha value is -3.55. The van der Waals surface area contributed by atoms with Gasteiger partial charge in [0.1, 0.15) is 23.2 Å². The minimum Gasteiger partial charge on any atom is -0.481 e. The highest BCUT2D eigenvalue weighted by atomic mass is 19.4. The molecule has 0 spiro atoms. The van der Waals surface area contributed by atoms with E-state index in [1.54, 1.807) is 6.07 Å². The molecule has 0 amide bonds. The van der Waals surface area contributed by atoms with Crippen LogP contribution >= 0.6 is 0 Å². The van der Waals surface area contributed by atoms with Crippen LogP contribution < -0.4 is 15.4 Å². The number of carboxylic acid groups (broad SMARTS) is 1. The van der Waals surface area contributed by atoms with E-state index in [9.17, 15) is 18.0 Å². The van der Waals surface area contributed by atoms with Crippen LogP contribution in [0.3, 0.4) is 0 Å². The molecule has 0 saturated heterocycles. The van der Waals surface area contributed by atoms with Gasteiger partial charge in [0.05, 0.1) is 6.20 Å². The summed E-state index contributed by atoms with van der Waals surface area (Å²) in [6.45, 7) is 0.372. The average molecular weight is 409 g/mol. The lowest BCUT2D eigenvalue weighted by molar-refractivity contribution is -0.274. The number of carboxylic acids is 1. The number of aromatic nitrogens is 2. The van der Waals surface area contributed by atoms with Crippen molar-refractivity contribution in [1.29, 1.82) is 5.26 Å². The van der Waals surface area contributed by atoms with Crippen molar-refractivity contribution in [1.82, 2.24) is 9.97 Å². The number of para-hydroxylation sites is 1. The molecule has 0 aliphatic rings. The molecule has 2 rings (SSSR count). The number of ether oxygens (including phenoxy) is 1. The summed E-state index contributed by atoms with van der Waals surface area (Å²) in [5, 5.41) is 23.5. The lowest BCUT2D eigenvalue weighted by Crippen LogP contribution is -2.18. The van der Waals surface area contributed by atoms with Crippen molar-refractivity contribution in [2.24, 2.45) is 0 Å². The SMILES string of the molecule is N#Cc1cnc(NCc2ccccc2OC(F)(F)F)nc1NCCCCC(=O)O. The second kappa shape index (κ2) is 10.1. The number of benzene rings is 1. The fraction of sp³-hybridized carbons (Fsp3) is 0.333. The summed E-state index contributed by atoms with van der Waals surface area (Å²) in [6.07, 6.45) is -2.45. The Morgan fingerprint density at radius 3 is 2.69 bits per heavy atom. The van der Waals surface area contributed by atoms with Crippen molar-refractivity contribution in [3.63, 3.8) is 0 Å². The summed E-state index contributed by atoms with van der Waals surface area (Å²) in [5.41, 5.74) is 0.440. The molecule has 0 atom stereocenters. The van der Waals surface area contributed by atoms with E-state index >= 15 is 0 Å². The maximum atomic E-state index is 12.5. The third kappa shape index (κ3) is 7.53. The van der Waals surface area contributed by atoms with E-state index in [1.165, 1.54) is 24.4 Å². The molecule has 11 heteroatoms. The number of nitrogens with one attached hydrogen (secondary N) is 2. The van der Waals surface area contributed by atoms with Gasteiger partial charge in [0, 0.05) is 25.1 Å². The van der Waals surface area contributed by atoms with Gasteiger partial charge in [-0.15, -0.1) is 13.2 Å². The Morgan fingerprint density at radius 2 is 2.00 bits per heavy atom. The van der Waals surface area contributed by atoms with Crippen LogP contribution in [0.2, 0.25) is 0 Å². The summed E-state index contributed by atoms with van der Waals surface area (Å²) in [5.74, 6) is -0.858. The molecule has 2 aromatic rings. The zero-order valence-corrected chi connectivity index (χ0v) is 15.2. The first-order chi connectivity index (χ1) is 13.8. The average Bonchev–Trinajstić information content (AvgIpc) is 2.65. The first-order valence-corrected chi connectivity index (χ1v) is 8.59. The highest BCUT2D eigenvalue weighted by Crippen LogP contribution is 2.26. The number of rotatable bonds is 10. The van der Waals surface area contributed by atoms with Crippen LogP contribution in [0, 0.1) is 11.3 Å². The molecule has 0 fully saturated rings. The number of halogens is 3. The maximum Gasteiger partial charge on any atom is 0.573 e. The van der Waals surface area contributed by atoms with Gasteiger partial charge in [-0.3, -0.25) is 4.79 Å². The van der Waals surface area contributed by atoms with Crippen molar-refractivity contribution in [2.75, 3.05) is 17.2 Å². The summed E-state index contributed by atoms with van der Waals surface area (Å²) >= 11 is 0. The van der Waals surface area contributed by atoms with E-state index in [2.05, 4.69) is 25.3 Å². The van der Waals surface area contributed by atoms with E-state index in [-0.39, 0.29) is 41.6 Å². The molecule has 0 aliphatic carbocycles. The standard InChI is InChI=1S/C18H18F3N5O3/c19-18(20,21)29-14-6-2-1-5-12(14)10-24-17-25-11-13(9-22)16(26-17)23-8-4-3-7-15(27)28/h1-2,5-6,11H,3-4,7-8,10H2,(H,27,28)(H2,23,24,25,26). The smallest absolute Gasteiger partial charge is 0.481 e. The quantitative estimate of drug-likeness (QED) is 0.510. The number of hydrogen-bond acceptors (Lipinski definition) is 7. The molecular formula is C18H18F3N5O3. The molecule has 29 heavy (non-hydrogen) atoms. The number of alkyl halides is 3. The molecule has 0 unspecified atom stereocenters. The highest BCUT2D eigenvalue weighted by Gasteiger charge is 2.31. The number of nitriles is 1. The third-order valence-corrected chi connectivity index (χ3v) is 3.65. The molecule has 0 radical (unpaired) electrons. The van der Waals surface area contributed by atoms with E-state index in [0.717, 1.165) is 0 Å². The van der Waals surface area contributed by atoms with Gasteiger partial charge in [-0.2, -0.15) is 10.2 Å². The fourth-order valence-corrected chi connectivity index (χ4v) is 2.34. The van der Waals surface area contributed by atoms with Crippen LogP contribution in [-0.4, -0.2) is 34.0 Å². The van der Waals surface area contributed by atoms with E-state index < -0.39 is 12.3 Å². The van der Waals surface area contributed by atoms with E-state index in [1.807, 2.05) is 6.07 Å². The van der Waals surface area contributed by atoms with Gasteiger partial charge in [-0.25, -0.2) is 4.98 Å². The van der Waals surface area contributed by atoms with Crippen molar-refractivity contribution >= 4 is 17.7 Å². The summed E-state index contributed by atoms with van der Waals surface area (Å²) in [6, 6.07) is 7.61. The number of carbonyl (C=O) groups is 1. The number of aliphatic carboxylic acids is 1. The lowest BCUT2D eigenvalue weighted by atomic mass is 10.2. The Morgan fingerprint density at radius 1 is 1.24 bits per heavy atom. The first kappa shape index (κ1) is 21.7. The van der Waals surface area contributed by atoms with E-state index in [0.29, 0.717) is 19.4 Å². The minimum atomic E-state index is -4.81. The molecule has 1 heterocycles. The van der Waals surface area contributed by atoms with Gasteiger partial charge < -0.3 is 20.5 Å². The number of anilines is 2. The molecule has 1 aromatic carbocycles. The van der Waals surface area contributed by atoms with Crippen LogP contribution in [-0.2, 0) is 11.3 Å².